The minimum absolute atomic E-state index is 0.0423. The molecule has 1 aliphatic rings. The summed E-state index contributed by atoms with van der Waals surface area (Å²) < 4.78 is 5.76. The van der Waals surface area contributed by atoms with Crippen molar-refractivity contribution < 1.29 is 9.53 Å². The van der Waals surface area contributed by atoms with Gasteiger partial charge in [0.1, 0.15) is 12.4 Å². The van der Waals surface area contributed by atoms with Gasteiger partial charge in [-0.25, -0.2) is 0 Å². The third-order valence-corrected chi connectivity index (χ3v) is 5.12. The first-order valence-electron chi connectivity index (χ1n) is 9.32. The molecule has 1 saturated heterocycles. The van der Waals surface area contributed by atoms with E-state index in [-0.39, 0.29) is 11.9 Å². The predicted molar refractivity (Wildman–Crippen MR) is 109 cm³/mol. The van der Waals surface area contributed by atoms with Gasteiger partial charge < -0.3 is 10.1 Å². The van der Waals surface area contributed by atoms with Gasteiger partial charge in [-0.05, 0) is 43.3 Å². The quantitative estimate of drug-likeness (QED) is 0.791. The van der Waals surface area contributed by atoms with Crippen LogP contribution in [0.25, 0.3) is 0 Å². The van der Waals surface area contributed by atoms with Crippen molar-refractivity contribution in [3.63, 3.8) is 0 Å². The van der Waals surface area contributed by atoms with E-state index in [0.29, 0.717) is 11.6 Å². The molecule has 144 valence electrons. The van der Waals surface area contributed by atoms with Crippen LogP contribution < -0.4 is 10.1 Å². The number of anilines is 1. The number of benzene rings is 2. The summed E-state index contributed by atoms with van der Waals surface area (Å²) in [6.45, 7) is 7.12. The second-order valence-corrected chi connectivity index (χ2v) is 7.15. The lowest BCUT2D eigenvalue weighted by atomic mass is 10.2. The molecule has 3 rings (SSSR count). The number of hydrogen-bond acceptors (Lipinski definition) is 4. The van der Waals surface area contributed by atoms with Gasteiger partial charge in [0.2, 0.25) is 5.91 Å². The van der Waals surface area contributed by atoms with Crippen molar-refractivity contribution in [1.82, 2.24) is 9.80 Å². The second-order valence-electron chi connectivity index (χ2n) is 6.71. The maximum atomic E-state index is 12.5. The van der Waals surface area contributed by atoms with Crippen molar-refractivity contribution in [3.8, 4) is 5.75 Å². The molecule has 0 spiro atoms. The standard InChI is InChI=1S/C21H26ClN3O2/c1-17(21(26)23-19-5-3-2-4-6-19)25-13-11-24(12-14-25)15-16-27-20-9-7-18(22)8-10-20/h2-10,17H,11-16H2,1H3,(H,23,26)/t17-/m1/s1. The van der Waals surface area contributed by atoms with Crippen molar-refractivity contribution in [2.75, 3.05) is 44.6 Å². The fourth-order valence-corrected chi connectivity index (χ4v) is 3.26. The van der Waals surface area contributed by atoms with Gasteiger partial charge in [-0.2, -0.15) is 0 Å². The highest BCUT2D eigenvalue weighted by atomic mass is 35.5. The lowest BCUT2D eigenvalue weighted by Crippen LogP contribution is -2.53. The van der Waals surface area contributed by atoms with E-state index in [9.17, 15) is 4.79 Å². The molecular weight excluding hydrogens is 362 g/mol. The summed E-state index contributed by atoms with van der Waals surface area (Å²) in [4.78, 5) is 17.1. The number of halogens is 1. The Morgan fingerprint density at radius 3 is 2.41 bits per heavy atom. The van der Waals surface area contributed by atoms with Crippen molar-refractivity contribution in [2.45, 2.75) is 13.0 Å². The second kappa shape index (κ2) is 9.74. The van der Waals surface area contributed by atoms with Gasteiger partial charge in [-0.3, -0.25) is 14.6 Å². The maximum Gasteiger partial charge on any atom is 0.241 e. The number of piperazine rings is 1. The van der Waals surface area contributed by atoms with Gasteiger partial charge in [-0.1, -0.05) is 29.8 Å². The molecular formula is C21H26ClN3O2. The van der Waals surface area contributed by atoms with E-state index in [0.717, 1.165) is 44.2 Å². The number of nitrogens with one attached hydrogen (secondary N) is 1. The normalized spacial score (nSPS) is 16.7. The van der Waals surface area contributed by atoms with E-state index in [1.54, 1.807) is 0 Å². The van der Waals surface area contributed by atoms with E-state index in [4.69, 9.17) is 16.3 Å². The number of hydrogen-bond donors (Lipinski definition) is 1. The molecule has 1 fully saturated rings. The maximum absolute atomic E-state index is 12.5. The van der Waals surface area contributed by atoms with Crippen LogP contribution in [-0.2, 0) is 4.79 Å². The minimum atomic E-state index is -0.141. The molecule has 1 amide bonds. The topological polar surface area (TPSA) is 44.8 Å². The molecule has 6 heteroatoms. The predicted octanol–water partition coefficient (Wildman–Crippen LogP) is 3.36. The van der Waals surface area contributed by atoms with Crippen LogP contribution in [0.3, 0.4) is 0 Å². The molecule has 1 N–H and O–H groups in total. The van der Waals surface area contributed by atoms with E-state index >= 15 is 0 Å². The first-order chi connectivity index (χ1) is 13.1. The van der Waals surface area contributed by atoms with Crippen LogP contribution >= 0.6 is 11.6 Å². The Morgan fingerprint density at radius 2 is 1.74 bits per heavy atom. The number of carbonyl (C=O) groups excluding carboxylic acids is 1. The summed E-state index contributed by atoms with van der Waals surface area (Å²) in [6.07, 6.45) is 0. The fraction of sp³-hybridized carbons (Fsp3) is 0.381. The largest absolute Gasteiger partial charge is 0.492 e. The summed E-state index contributed by atoms with van der Waals surface area (Å²) in [5.41, 5.74) is 0.840. The summed E-state index contributed by atoms with van der Waals surface area (Å²) in [6, 6.07) is 16.9. The van der Waals surface area contributed by atoms with Gasteiger partial charge >= 0.3 is 0 Å². The molecule has 0 radical (unpaired) electrons. The Morgan fingerprint density at radius 1 is 1.07 bits per heavy atom. The summed E-state index contributed by atoms with van der Waals surface area (Å²) in [5.74, 6) is 0.880. The Hall–Kier alpha value is -2.08. The van der Waals surface area contributed by atoms with Crippen LogP contribution in [0, 0.1) is 0 Å². The van der Waals surface area contributed by atoms with E-state index in [2.05, 4.69) is 15.1 Å². The van der Waals surface area contributed by atoms with Crippen LogP contribution in [0.15, 0.2) is 54.6 Å². The highest BCUT2D eigenvalue weighted by Crippen LogP contribution is 2.16. The highest BCUT2D eigenvalue weighted by molar-refractivity contribution is 6.30. The van der Waals surface area contributed by atoms with Gasteiger partial charge in [0.25, 0.3) is 0 Å². The molecule has 2 aromatic rings. The molecule has 2 aromatic carbocycles. The molecule has 5 nitrogen and oxygen atoms in total. The molecule has 0 bridgehead atoms. The van der Waals surface area contributed by atoms with Crippen LogP contribution in [0.2, 0.25) is 5.02 Å². The summed E-state index contributed by atoms with van der Waals surface area (Å²) in [5, 5.41) is 3.69. The average molecular weight is 388 g/mol. The van der Waals surface area contributed by atoms with Gasteiger partial charge in [0, 0.05) is 43.4 Å². The molecule has 0 unspecified atom stereocenters. The van der Waals surface area contributed by atoms with Crippen molar-refractivity contribution in [3.05, 3.63) is 59.6 Å². The van der Waals surface area contributed by atoms with Gasteiger partial charge in [-0.15, -0.1) is 0 Å². The third kappa shape index (κ3) is 5.96. The van der Waals surface area contributed by atoms with Crippen LogP contribution in [0.4, 0.5) is 5.69 Å². The Labute approximate surface area is 165 Å². The first kappa shape index (κ1) is 19.7. The van der Waals surface area contributed by atoms with E-state index in [1.807, 2.05) is 61.5 Å². The molecule has 1 heterocycles. The number of carbonyl (C=O) groups is 1. The third-order valence-electron chi connectivity index (χ3n) is 4.87. The number of amides is 1. The van der Waals surface area contributed by atoms with Crippen LogP contribution in [0.5, 0.6) is 5.75 Å². The molecule has 27 heavy (non-hydrogen) atoms. The first-order valence-corrected chi connectivity index (χ1v) is 9.70. The number of ether oxygens (including phenoxy) is 1. The minimum Gasteiger partial charge on any atom is -0.492 e. The molecule has 1 aliphatic heterocycles. The zero-order valence-corrected chi connectivity index (χ0v) is 16.4. The molecule has 0 saturated carbocycles. The Kier molecular flexibility index (Phi) is 7.10. The fourth-order valence-electron chi connectivity index (χ4n) is 3.13. The molecule has 0 aliphatic carbocycles. The highest BCUT2D eigenvalue weighted by Gasteiger charge is 2.25. The smallest absolute Gasteiger partial charge is 0.241 e. The molecule has 1 atom stereocenters. The average Bonchev–Trinajstić information content (AvgIpc) is 2.70. The lowest BCUT2D eigenvalue weighted by molar-refractivity contribution is -0.121. The zero-order chi connectivity index (χ0) is 19.1. The van der Waals surface area contributed by atoms with Crippen LogP contribution in [-0.4, -0.2) is 61.1 Å². The van der Waals surface area contributed by atoms with E-state index in [1.165, 1.54) is 0 Å². The summed E-state index contributed by atoms with van der Waals surface area (Å²) in [7, 11) is 0. The van der Waals surface area contributed by atoms with Crippen molar-refractivity contribution in [2.24, 2.45) is 0 Å². The molecule has 0 aromatic heterocycles. The van der Waals surface area contributed by atoms with Crippen LogP contribution in [0.1, 0.15) is 6.92 Å². The summed E-state index contributed by atoms with van der Waals surface area (Å²) >= 11 is 5.88. The Bertz CT molecular complexity index is 716. The van der Waals surface area contributed by atoms with Gasteiger partial charge in [0.05, 0.1) is 6.04 Å². The monoisotopic (exact) mass is 387 g/mol. The zero-order valence-electron chi connectivity index (χ0n) is 15.6. The van der Waals surface area contributed by atoms with Crippen molar-refractivity contribution in [1.29, 1.82) is 0 Å². The Balaban J connectivity index is 1.37. The number of nitrogens with zero attached hydrogens (tertiary/aromatic N) is 2. The number of para-hydroxylation sites is 1. The lowest BCUT2D eigenvalue weighted by Gasteiger charge is -2.37. The number of rotatable bonds is 7. The SMILES string of the molecule is C[C@H](C(=O)Nc1ccccc1)N1CCN(CCOc2ccc(Cl)cc2)CC1. The van der Waals surface area contributed by atoms with E-state index < -0.39 is 0 Å². The van der Waals surface area contributed by atoms with Gasteiger partial charge in [0.15, 0.2) is 0 Å². The van der Waals surface area contributed by atoms with Crippen molar-refractivity contribution >= 4 is 23.2 Å².